The van der Waals surface area contributed by atoms with Gasteiger partial charge in [0.05, 0.1) is 12.7 Å². The topological polar surface area (TPSA) is 55.4 Å². The van der Waals surface area contributed by atoms with Crippen LogP contribution in [-0.2, 0) is 9.53 Å². The van der Waals surface area contributed by atoms with Crippen LogP contribution in [0, 0.1) is 0 Å². The summed E-state index contributed by atoms with van der Waals surface area (Å²) >= 11 is 3.23. The van der Waals surface area contributed by atoms with Gasteiger partial charge in [0.25, 0.3) is 0 Å². The lowest BCUT2D eigenvalue weighted by atomic mass is 10.0. The number of methoxy groups -OCH3 is 1. The molecule has 0 spiro atoms. The van der Waals surface area contributed by atoms with Crippen LogP contribution in [0.5, 0.6) is 0 Å². The van der Waals surface area contributed by atoms with Crippen LogP contribution in [0.2, 0.25) is 0 Å². The van der Waals surface area contributed by atoms with Crippen LogP contribution >= 0.6 is 15.9 Å². The zero-order chi connectivity index (χ0) is 18.1. The highest BCUT2D eigenvalue weighted by Crippen LogP contribution is 2.27. The van der Waals surface area contributed by atoms with Gasteiger partial charge in [0, 0.05) is 29.7 Å². The van der Waals surface area contributed by atoms with E-state index in [2.05, 4.69) is 21.2 Å². The number of hydrogen-bond acceptors (Lipinski definition) is 4. The Labute approximate surface area is 151 Å². The molecule has 0 unspecified atom stereocenters. The van der Waals surface area contributed by atoms with E-state index in [0.717, 1.165) is 10.0 Å². The molecule has 0 fully saturated rings. The third-order valence-electron chi connectivity index (χ3n) is 3.35. The van der Waals surface area contributed by atoms with E-state index in [4.69, 9.17) is 4.74 Å². The highest BCUT2D eigenvalue weighted by molar-refractivity contribution is 9.11. The number of benzene rings is 1. The summed E-state index contributed by atoms with van der Waals surface area (Å²) in [6.45, 7) is 3.78. The molecule has 0 saturated carbocycles. The summed E-state index contributed by atoms with van der Waals surface area (Å²) in [6.07, 6.45) is 5.61. The summed E-state index contributed by atoms with van der Waals surface area (Å²) in [7, 11) is 3.21. The fraction of sp³-hybridized carbons (Fsp3) is 0.263. The minimum Gasteiger partial charge on any atom is -0.465 e. The van der Waals surface area contributed by atoms with Crippen molar-refractivity contribution in [1.82, 2.24) is 5.32 Å². The number of nitrogens with one attached hydrogen (secondary N) is 1. The fourth-order valence-electron chi connectivity index (χ4n) is 2.24. The molecule has 1 aliphatic rings. The summed E-state index contributed by atoms with van der Waals surface area (Å²) in [6, 6.07) is 7.28. The molecule has 24 heavy (non-hydrogen) atoms. The van der Waals surface area contributed by atoms with Crippen LogP contribution in [-0.4, -0.2) is 25.9 Å². The van der Waals surface area contributed by atoms with Gasteiger partial charge in [0.2, 0.25) is 0 Å². The lowest BCUT2D eigenvalue weighted by molar-refractivity contribution is -0.135. The molecule has 4 nitrogen and oxygen atoms in total. The minimum absolute atomic E-state index is 0.0221. The molecule has 0 aliphatic heterocycles. The number of ether oxygens (including phenoxy) is 1. The first kappa shape index (κ1) is 19.9. The van der Waals surface area contributed by atoms with E-state index in [9.17, 15) is 9.59 Å². The Hall–Kier alpha value is -2.14. The van der Waals surface area contributed by atoms with E-state index in [1.165, 1.54) is 7.11 Å². The van der Waals surface area contributed by atoms with E-state index < -0.39 is 5.97 Å². The fourth-order valence-corrected chi connectivity index (χ4v) is 2.47. The number of allylic oxidation sites excluding steroid dienone is 2. The maximum absolute atomic E-state index is 12.1. The van der Waals surface area contributed by atoms with E-state index in [0.29, 0.717) is 16.7 Å². The van der Waals surface area contributed by atoms with Gasteiger partial charge in [0.15, 0.2) is 5.78 Å². The van der Waals surface area contributed by atoms with Crippen molar-refractivity contribution in [2.75, 3.05) is 14.2 Å². The van der Waals surface area contributed by atoms with Crippen molar-refractivity contribution in [3.63, 3.8) is 0 Å². The van der Waals surface area contributed by atoms with Crippen LogP contribution < -0.4 is 5.32 Å². The Morgan fingerprint density at radius 3 is 2.50 bits per heavy atom. The molecule has 1 aromatic rings. The average molecular weight is 392 g/mol. The number of carbonyl (C=O) groups is 2. The third kappa shape index (κ3) is 5.49. The van der Waals surface area contributed by atoms with Gasteiger partial charge in [0.1, 0.15) is 0 Å². The predicted octanol–water partition coefficient (Wildman–Crippen LogP) is 4.24. The predicted molar refractivity (Wildman–Crippen MR) is 101 cm³/mol. The Kier molecular flexibility index (Phi) is 8.19. The number of ketones is 1. The van der Waals surface area contributed by atoms with Gasteiger partial charge in [-0.3, -0.25) is 4.79 Å². The standard InChI is InChI=1S/C15H14O3.C4H8BrN/c1-3-10-9-14(16)12-7-5-4-6-11(12)8-13(10)15(17)18-2;1-4(5)3-6-2/h3-8H,9H2,1-2H3;3,6H,1-2H3/b10-3+;4-3+. The lowest BCUT2D eigenvalue weighted by Crippen LogP contribution is -2.08. The first-order chi connectivity index (χ1) is 11.4. The summed E-state index contributed by atoms with van der Waals surface area (Å²) < 4.78 is 5.88. The Balaban J connectivity index is 0.000000413. The first-order valence-electron chi connectivity index (χ1n) is 7.51. The van der Waals surface area contributed by atoms with E-state index >= 15 is 0 Å². The minimum atomic E-state index is -0.410. The first-order valence-corrected chi connectivity index (χ1v) is 8.31. The molecule has 0 bridgehead atoms. The molecule has 0 amide bonds. The molecule has 2 rings (SSSR count). The highest BCUT2D eigenvalue weighted by Gasteiger charge is 2.23. The summed E-state index contributed by atoms with van der Waals surface area (Å²) in [5.41, 5.74) is 2.58. The zero-order valence-electron chi connectivity index (χ0n) is 14.4. The van der Waals surface area contributed by atoms with Crippen LogP contribution in [0.4, 0.5) is 0 Å². The SMILES string of the molecule is C/C=C1\CC(=O)c2ccccc2C=C1C(=O)OC.CN/C=C(\C)Br. The maximum Gasteiger partial charge on any atom is 0.338 e. The second kappa shape index (κ2) is 9.88. The number of fused-ring (bicyclic) bond motifs is 1. The number of carbonyl (C=O) groups excluding carboxylic acids is 2. The molecule has 0 aromatic heterocycles. The largest absolute Gasteiger partial charge is 0.465 e. The third-order valence-corrected chi connectivity index (χ3v) is 3.58. The molecule has 128 valence electrons. The van der Waals surface area contributed by atoms with Crippen molar-refractivity contribution in [1.29, 1.82) is 0 Å². The molecular weight excluding hydrogens is 370 g/mol. The quantitative estimate of drug-likeness (QED) is 0.766. The van der Waals surface area contributed by atoms with E-state index in [1.807, 2.05) is 45.3 Å². The number of hydrogen-bond donors (Lipinski definition) is 1. The monoisotopic (exact) mass is 391 g/mol. The van der Waals surface area contributed by atoms with Gasteiger partial charge in [-0.2, -0.15) is 0 Å². The Morgan fingerprint density at radius 2 is 2.00 bits per heavy atom. The normalized spacial score (nSPS) is 15.5. The van der Waals surface area contributed by atoms with Gasteiger partial charge in [-0.25, -0.2) is 4.79 Å². The number of Topliss-reactive ketones (excluding diaryl/α,β-unsaturated/α-hetero) is 1. The molecule has 1 N–H and O–H groups in total. The van der Waals surface area contributed by atoms with Gasteiger partial charge in [-0.15, -0.1) is 0 Å². The van der Waals surface area contributed by atoms with E-state index in [-0.39, 0.29) is 12.2 Å². The van der Waals surface area contributed by atoms with Crippen LogP contribution in [0.15, 0.2) is 52.2 Å². The second-order valence-corrected chi connectivity index (χ2v) is 6.32. The number of rotatable bonds is 2. The second-order valence-electron chi connectivity index (χ2n) is 5.07. The molecule has 0 saturated heterocycles. The summed E-state index contributed by atoms with van der Waals surface area (Å²) in [4.78, 5) is 23.9. The summed E-state index contributed by atoms with van der Waals surface area (Å²) in [5, 5.41) is 2.86. The van der Waals surface area contributed by atoms with Crippen LogP contribution in [0.25, 0.3) is 6.08 Å². The van der Waals surface area contributed by atoms with Crippen molar-refractivity contribution >= 4 is 33.8 Å². The van der Waals surface area contributed by atoms with Gasteiger partial charge < -0.3 is 10.1 Å². The molecule has 1 aromatic carbocycles. The highest BCUT2D eigenvalue weighted by atomic mass is 79.9. The average Bonchev–Trinajstić information content (AvgIpc) is 2.71. The molecule has 1 aliphatic carbocycles. The van der Waals surface area contributed by atoms with Crippen molar-refractivity contribution < 1.29 is 14.3 Å². The molecule has 0 atom stereocenters. The summed E-state index contributed by atoms with van der Waals surface area (Å²) in [5.74, 6) is -0.388. The Morgan fingerprint density at radius 1 is 1.33 bits per heavy atom. The van der Waals surface area contributed by atoms with Crippen molar-refractivity contribution in [3.8, 4) is 0 Å². The maximum atomic E-state index is 12.1. The van der Waals surface area contributed by atoms with Gasteiger partial charge in [-0.1, -0.05) is 46.3 Å². The van der Waals surface area contributed by atoms with Gasteiger partial charge >= 0.3 is 5.97 Å². The number of esters is 1. The Bertz CT molecular complexity index is 698. The zero-order valence-corrected chi connectivity index (χ0v) is 15.9. The molecule has 5 heteroatoms. The smallest absolute Gasteiger partial charge is 0.338 e. The van der Waals surface area contributed by atoms with Crippen molar-refractivity contribution in [2.24, 2.45) is 0 Å². The number of halogens is 1. The lowest BCUT2D eigenvalue weighted by Gasteiger charge is -2.06. The van der Waals surface area contributed by atoms with E-state index in [1.54, 1.807) is 18.2 Å². The van der Waals surface area contributed by atoms with Crippen LogP contribution in [0.1, 0.15) is 36.2 Å². The molecule has 0 heterocycles. The molecular formula is C19H22BrNO3. The van der Waals surface area contributed by atoms with Crippen molar-refractivity contribution in [3.05, 3.63) is 63.3 Å². The van der Waals surface area contributed by atoms with Crippen molar-refractivity contribution in [2.45, 2.75) is 20.3 Å². The van der Waals surface area contributed by atoms with Crippen LogP contribution in [0.3, 0.4) is 0 Å². The molecule has 0 radical (unpaired) electrons. The van der Waals surface area contributed by atoms with Gasteiger partial charge in [-0.05, 0) is 31.1 Å².